The number of rotatable bonds is 6. The maximum absolute atomic E-state index is 5.67. The van der Waals surface area contributed by atoms with Crippen LogP contribution in [0.15, 0.2) is 47.1 Å². The highest BCUT2D eigenvalue weighted by Gasteiger charge is 2.09. The van der Waals surface area contributed by atoms with Crippen LogP contribution < -0.4 is 10.1 Å². The van der Waals surface area contributed by atoms with Gasteiger partial charge in [-0.25, -0.2) is 4.98 Å². The van der Waals surface area contributed by atoms with E-state index in [4.69, 9.17) is 4.74 Å². The third-order valence-corrected chi connectivity index (χ3v) is 4.45. The Morgan fingerprint density at radius 2 is 1.78 bits per heavy atom. The van der Waals surface area contributed by atoms with Gasteiger partial charge in [0, 0.05) is 55.9 Å². The number of halogens is 1. The smallest absolute Gasteiger partial charge is 0.213 e. The molecule has 23 heavy (non-hydrogen) atoms. The molecular weight excluding hydrogens is 354 g/mol. The molecule has 5 heteroatoms. The van der Waals surface area contributed by atoms with Crippen LogP contribution in [-0.4, -0.2) is 42.7 Å². The Morgan fingerprint density at radius 1 is 1.04 bits per heavy atom. The number of nitrogens with zero attached hydrogens (tertiary/aromatic N) is 2. The Hall–Kier alpha value is -1.43. The lowest BCUT2D eigenvalue weighted by molar-refractivity contribution is 0.233. The number of nitrogens with one attached hydrogen (secondary N) is 1. The molecular formula is C18H22BrN3O. The Balaban J connectivity index is 1.44. The Morgan fingerprint density at radius 3 is 2.48 bits per heavy atom. The van der Waals surface area contributed by atoms with Crippen molar-refractivity contribution in [1.82, 2.24) is 15.2 Å². The van der Waals surface area contributed by atoms with E-state index in [1.54, 1.807) is 6.20 Å². The van der Waals surface area contributed by atoms with Crippen molar-refractivity contribution in [1.29, 1.82) is 0 Å². The molecule has 0 spiro atoms. The summed E-state index contributed by atoms with van der Waals surface area (Å²) in [5, 5.41) is 3.39. The van der Waals surface area contributed by atoms with Gasteiger partial charge < -0.3 is 10.1 Å². The lowest BCUT2D eigenvalue weighted by Gasteiger charge is -2.27. The molecule has 2 aromatic rings. The number of ether oxygens (including phenoxy) is 1. The van der Waals surface area contributed by atoms with Gasteiger partial charge >= 0.3 is 0 Å². The summed E-state index contributed by atoms with van der Waals surface area (Å²) in [6.45, 7) is 6.15. The van der Waals surface area contributed by atoms with Gasteiger partial charge in [-0.2, -0.15) is 0 Å². The topological polar surface area (TPSA) is 37.4 Å². The van der Waals surface area contributed by atoms with Crippen LogP contribution in [0.2, 0.25) is 0 Å². The van der Waals surface area contributed by atoms with Crippen molar-refractivity contribution in [2.45, 2.75) is 13.0 Å². The molecule has 0 atom stereocenters. The molecule has 2 heterocycles. The summed E-state index contributed by atoms with van der Waals surface area (Å²) in [7, 11) is 0. The van der Waals surface area contributed by atoms with Crippen molar-refractivity contribution in [3.05, 3.63) is 58.2 Å². The van der Waals surface area contributed by atoms with E-state index in [-0.39, 0.29) is 0 Å². The van der Waals surface area contributed by atoms with Crippen LogP contribution in [0.5, 0.6) is 5.88 Å². The maximum atomic E-state index is 5.67. The van der Waals surface area contributed by atoms with Gasteiger partial charge in [0.15, 0.2) is 0 Å². The summed E-state index contributed by atoms with van der Waals surface area (Å²) < 4.78 is 6.63. The minimum atomic E-state index is 0.645. The largest absolute Gasteiger partial charge is 0.477 e. The first-order chi connectivity index (χ1) is 11.3. The molecule has 0 unspecified atom stereocenters. The van der Waals surface area contributed by atoms with Gasteiger partial charge in [0.1, 0.15) is 0 Å². The first-order valence-corrected chi connectivity index (χ1v) is 8.84. The number of benzene rings is 1. The van der Waals surface area contributed by atoms with E-state index in [2.05, 4.69) is 55.4 Å². The van der Waals surface area contributed by atoms with E-state index in [9.17, 15) is 0 Å². The minimum absolute atomic E-state index is 0.645. The molecule has 0 bridgehead atoms. The monoisotopic (exact) mass is 375 g/mol. The predicted octanol–water partition coefficient (Wildman–Crippen LogP) is 2.87. The van der Waals surface area contributed by atoms with E-state index < -0.39 is 0 Å². The van der Waals surface area contributed by atoms with Crippen LogP contribution >= 0.6 is 15.9 Å². The van der Waals surface area contributed by atoms with Crippen LogP contribution in [0.3, 0.4) is 0 Å². The molecule has 3 rings (SSSR count). The van der Waals surface area contributed by atoms with Crippen molar-refractivity contribution >= 4 is 15.9 Å². The number of hydrogen-bond acceptors (Lipinski definition) is 4. The molecule has 4 nitrogen and oxygen atoms in total. The summed E-state index contributed by atoms with van der Waals surface area (Å²) in [4.78, 5) is 6.70. The van der Waals surface area contributed by atoms with Crippen molar-refractivity contribution < 1.29 is 4.74 Å². The molecule has 122 valence electrons. The third kappa shape index (κ3) is 5.30. The molecule has 1 saturated heterocycles. The van der Waals surface area contributed by atoms with Crippen LogP contribution in [0.1, 0.15) is 11.1 Å². The van der Waals surface area contributed by atoms with Gasteiger partial charge in [0.05, 0.1) is 6.61 Å². The van der Waals surface area contributed by atoms with E-state index >= 15 is 0 Å². The van der Waals surface area contributed by atoms with Gasteiger partial charge in [-0.15, -0.1) is 0 Å². The fourth-order valence-electron chi connectivity index (χ4n) is 2.66. The minimum Gasteiger partial charge on any atom is -0.477 e. The number of pyridine rings is 1. The molecule has 1 fully saturated rings. The molecule has 1 aliphatic rings. The zero-order valence-electron chi connectivity index (χ0n) is 13.2. The van der Waals surface area contributed by atoms with Crippen LogP contribution in [0.25, 0.3) is 0 Å². The standard InChI is InChI=1S/C18H22BrN3O/c19-17-5-6-18(21-13-17)23-12-7-15-1-3-16(4-2-15)14-22-10-8-20-9-11-22/h1-6,13,20H,7-12,14H2. The molecule has 1 aliphatic heterocycles. The lowest BCUT2D eigenvalue weighted by Crippen LogP contribution is -2.42. The van der Waals surface area contributed by atoms with Gasteiger partial charge in [-0.1, -0.05) is 24.3 Å². The summed E-state index contributed by atoms with van der Waals surface area (Å²) in [6.07, 6.45) is 2.64. The van der Waals surface area contributed by atoms with E-state index in [0.717, 1.165) is 43.6 Å². The van der Waals surface area contributed by atoms with Crippen molar-refractivity contribution in [3.8, 4) is 5.88 Å². The molecule has 0 amide bonds. The van der Waals surface area contributed by atoms with Crippen molar-refractivity contribution in [3.63, 3.8) is 0 Å². The first kappa shape index (κ1) is 16.4. The van der Waals surface area contributed by atoms with Crippen LogP contribution in [-0.2, 0) is 13.0 Å². The Labute approximate surface area is 146 Å². The van der Waals surface area contributed by atoms with Crippen LogP contribution in [0, 0.1) is 0 Å². The number of piperazine rings is 1. The van der Waals surface area contributed by atoms with Gasteiger partial charge in [-0.3, -0.25) is 4.90 Å². The van der Waals surface area contributed by atoms with E-state index in [1.807, 2.05) is 12.1 Å². The van der Waals surface area contributed by atoms with Crippen molar-refractivity contribution in [2.24, 2.45) is 0 Å². The SMILES string of the molecule is Brc1ccc(OCCc2ccc(CN3CCNCC3)cc2)nc1. The normalized spacial score (nSPS) is 15.5. The second kappa shape index (κ2) is 8.43. The Bertz CT molecular complexity index is 595. The molecule has 1 aromatic heterocycles. The third-order valence-electron chi connectivity index (χ3n) is 3.98. The predicted molar refractivity (Wildman–Crippen MR) is 95.7 cm³/mol. The average molecular weight is 376 g/mol. The second-order valence-electron chi connectivity index (χ2n) is 5.76. The van der Waals surface area contributed by atoms with Crippen molar-refractivity contribution in [2.75, 3.05) is 32.8 Å². The summed E-state index contributed by atoms with van der Waals surface area (Å²) in [6, 6.07) is 12.7. The zero-order chi connectivity index (χ0) is 15.9. The highest BCUT2D eigenvalue weighted by Crippen LogP contribution is 2.13. The first-order valence-electron chi connectivity index (χ1n) is 8.05. The maximum Gasteiger partial charge on any atom is 0.213 e. The highest BCUT2D eigenvalue weighted by molar-refractivity contribution is 9.10. The molecule has 0 aliphatic carbocycles. The summed E-state index contributed by atoms with van der Waals surface area (Å²) >= 11 is 3.37. The average Bonchev–Trinajstić information content (AvgIpc) is 2.59. The molecule has 1 aromatic carbocycles. The fraction of sp³-hybridized carbons (Fsp3) is 0.389. The Kier molecular flexibility index (Phi) is 6.02. The van der Waals surface area contributed by atoms with E-state index in [0.29, 0.717) is 12.5 Å². The fourth-order valence-corrected chi connectivity index (χ4v) is 2.89. The van der Waals surface area contributed by atoms with Crippen LogP contribution in [0.4, 0.5) is 0 Å². The van der Waals surface area contributed by atoms with Gasteiger partial charge in [-0.05, 0) is 33.1 Å². The molecule has 1 N–H and O–H groups in total. The number of aromatic nitrogens is 1. The molecule has 0 radical (unpaired) electrons. The second-order valence-corrected chi connectivity index (χ2v) is 6.67. The van der Waals surface area contributed by atoms with Gasteiger partial charge in [0.25, 0.3) is 0 Å². The van der Waals surface area contributed by atoms with E-state index in [1.165, 1.54) is 11.1 Å². The highest BCUT2D eigenvalue weighted by atomic mass is 79.9. The number of hydrogen-bond donors (Lipinski definition) is 1. The molecule has 0 saturated carbocycles. The quantitative estimate of drug-likeness (QED) is 0.842. The lowest BCUT2D eigenvalue weighted by atomic mass is 10.1. The zero-order valence-corrected chi connectivity index (χ0v) is 14.8. The summed E-state index contributed by atoms with van der Waals surface area (Å²) in [5.41, 5.74) is 2.68. The van der Waals surface area contributed by atoms with Gasteiger partial charge in [0.2, 0.25) is 5.88 Å². The summed E-state index contributed by atoms with van der Waals surface area (Å²) in [5.74, 6) is 0.670.